The van der Waals surface area contributed by atoms with E-state index in [4.69, 9.17) is 14.2 Å². The lowest BCUT2D eigenvalue weighted by atomic mass is 9.95. The Balaban J connectivity index is 1.55. The molecule has 0 bridgehead atoms. The Kier molecular flexibility index (Phi) is 5.59. The fourth-order valence-electron chi connectivity index (χ4n) is 5.10. The Bertz CT molecular complexity index is 1140. The molecule has 0 unspecified atom stereocenters. The molecule has 0 saturated carbocycles. The van der Waals surface area contributed by atoms with Crippen molar-refractivity contribution in [2.24, 2.45) is 0 Å². The smallest absolute Gasteiger partial charge is 0.261 e. The summed E-state index contributed by atoms with van der Waals surface area (Å²) in [6.07, 6.45) is 3.03. The summed E-state index contributed by atoms with van der Waals surface area (Å²) in [4.78, 5) is 11.6. The summed E-state index contributed by atoms with van der Waals surface area (Å²) in [7, 11) is 0. The molecule has 1 aromatic carbocycles. The Labute approximate surface area is 187 Å². The van der Waals surface area contributed by atoms with Crippen LogP contribution in [0.1, 0.15) is 43.1 Å². The molecule has 0 amide bonds. The van der Waals surface area contributed by atoms with E-state index < -0.39 is 0 Å². The largest absolute Gasteiger partial charge is 0.380 e. The summed E-state index contributed by atoms with van der Waals surface area (Å²) in [5.74, 6) is 1.41. The molecule has 4 heterocycles. The molecule has 0 spiro atoms. The Hall–Kier alpha value is -2.58. The van der Waals surface area contributed by atoms with Gasteiger partial charge in [0.1, 0.15) is 17.2 Å². The molecule has 2 fully saturated rings. The number of nitrogens with one attached hydrogen (secondary N) is 1. The Morgan fingerprint density at radius 1 is 1.12 bits per heavy atom. The number of nitrogens with zero attached hydrogens (tertiary/aromatic N) is 4. The number of piperidine rings is 1. The van der Waals surface area contributed by atoms with Crippen LogP contribution in [0.3, 0.4) is 0 Å². The molecule has 2 saturated heterocycles. The van der Waals surface area contributed by atoms with Gasteiger partial charge < -0.3 is 19.5 Å². The minimum absolute atomic E-state index is 0.226. The molecule has 2 aliphatic rings. The van der Waals surface area contributed by atoms with Crippen LogP contribution < -0.4 is 10.2 Å². The average Bonchev–Trinajstić information content (AvgIpc) is 3.40. The molecular weight excluding hydrogens is 409 g/mol. The number of benzene rings is 1. The summed E-state index contributed by atoms with van der Waals surface area (Å²) >= 11 is 0. The van der Waals surface area contributed by atoms with Crippen molar-refractivity contribution < 1.29 is 13.7 Å². The van der Waals surface area contributed by atoms with Gasteiger partial charge in [-0.2, -0.15) is 4.98 Å². The molecule has 5 rings (SSSR count). The number of pyridine rings is 1. The lowest BCUT2D eigenvalue weighted by molar-refractivity contribution is 0.185. The molecule has 0 aliphatic carbocycles. The normalized spacial score (nSPS) is 23.9. The Morgan fingerprint density at radius 3 is 2.66 bits per heavy atom. The van der Waals surface area contributed by atoms with Crippen molar-refractivity contribution in [3.63, 3.8) is 0 Å². The van der Waals surface area contributed by atoms with Crippen LogP contribution in [0.25, 0.3) is 22.4 Å². The first-order valence-electron chi connectivity index (χ1n) is 11.4. The molecule has 170 valence electrons. The number of halogens is 1. The highest BCUT2D eigenvalue weighted by Gasteiger charge is 2.32. The van der Waals surface area contributed by atoms with Crippen LogP contribution in [0, 0.1) is 26.6 Å². The van der Waals surface area contributed by atoms with Crippen molar-refractivity contribution in [3.05, 3.63) is 34.9 Å². The van der Waals surface area contributed by atoms with Gasteiger partial charge in [0, 0.05) is 36.7 Å². The second-order valence-corrected chi connectivity index (χ2v) is 9.22. The van der Waals surface area contributed by atoms with Gasteiger partial charge in [0.2, 0.25) is 0 Å². The monoisotopic (exact) mass is 439 g/mol. The quantitative estimate of drug-likeness (QED) is 0.656. The van der Waals surface area contributed by atoms with E-state index in [9.17, 15) is 4.39 Å². The predicted molar refractivity (Wildman–Crippen MR) is 121 cm³/mol. The number of rotatable bonds is 4. The number of hydrogen-bond donors (Lipinski definition) is 1. The van der Waals surface area contributed by atoms with E-state index in [-0.39, 0.29) is 11.9 Å². The van der Waals surface area contributed by atoms with Gasteiger partial charge in [0.05, 0.1) is 12.2 Å². The SMILES string of the molecule is Cc1cc(F)c2nc(N3CC[C@@H](N[C@@H]4CCOC4)C[C@H]3C)c(-c3nc(C)no3)c(C)c2c1. The van der Waals surface area contributed by atoms with Gasteiger partial charge in [-0.05, 0) is 70.2 Å². The summed E-state index contributed by atoms with van der Waals surface area (Å²) in [6, 6.07) is 4.61. The molecule has 7 nitrogen and oxygen atoms in total. The van der Waals surface area contributed by atoms with Crippen LogP contribution in [0.4, 0.5) is 10.2 Å². The summed E-state index contributed by atoms with van der Waals surface area (Å²) < 4.78 is 26.0. The van der Waals surface area contributed by atoms with E-state index in [1.807, 2.05) is 19.9 Å². The van der Waals surface area contributed by atoms with E-state index in [2.05, 4.69) is 27.3 Å². The molecule has 3 aromatic rings. The van der Waals surface area contributed by atoms with Crippen molar-refractivity contribution in [3.8, 4) is 11.5 Å². The van der Waals surface area contributed by atoms with E-state index >= 15 is 0 Å². The van der Waals surface area contributed by atoms with Gasteiger partial charge in [0.25, 0.3) is 5.89 Å². The van der Waals surface area contributed by atoms with Gasteiger partial charge in [0.15, 0.2) is 5.82 Å². The maximum atomic E-state index is 14.9. The van der Waals surface area contributed by atoms with Gasteiger partial charge in [-0.1, -0.05) is 5.16 Å². The topological polar surface area (TPSA) is 76.3 Å². The Morgan fingerprint density at radius 2 is 1.97 bits per heavy atom. The average molecular weight is 440 g/mol. The van der Waals surface area contributed by atoms with Crippen LogP contribution in [-0.4, -0.2) is 53.0 Å². The zero-order valence-corrected chi connectivity index (χ0v) is 19.1. The van der Waals surface area contributed by atoms with Gasteiger partial charge >= 0.3 is 0 Å². The van der Waals surface area contributed by atoms with Crippen molar-refractivity contribution >= 4 is 16.7 Å². The van der Waals surface area contributed by atoms with Crippen molar-refractivity contribution in [1.82, 2.24) is 20.4 Å². The highest BCUT2D eigenvalue weighted by molar-refractivity contribution is 5.93. The van der Waals surface area contributed by atoms with E-state index in [0.717, 1.165) is 66.9 Å². The highest BCUT2D eigenvalue weighted by atomic mass is 19.1. The predicted octanol–water partition coefficient (Wildman–Crippen LogP) is 4.08. The van der Waals surface area contributed by atoms with E-state index in [0.29, 0.717) is 29.3 Å². The lowest BCUT2D eigenvalue weighted by Crippen LogP contribution is -2.50. The number of ether oxygens (including phenoxy) is 1. The third-order valence-electron chi connectivity index (χ3n) is 6.72. The van der Waals surface area contributed by atoms with Gasteiger partial charge in [-0.25, -0.2) is 9.37 Å². The fraction of sp³-hybridized carbons (Fsp3) is 0.542. The maximum Gasteiger partial charge on any atom is 0.261 e. The molecule has 1 N–H and O–H groups in total. The third kappa shape index (κ3) is 3.86. The first-order valence-corrected chi connectivity index (χ1v) is 11.4. The van der Waals surface area contributed by atoms with E-state index in [1.54, 1.807) is 13.0 Å². The number of hydrogen-bond acceptors (Lipinski definition) is 7. The third-order valence-corrected chi connectivity index (χ3v) is 6.72. The second kappa shape index (κ2) is 8.41. The summed E-state index contributed by atoms with van der Waals surface area (Å²) in [5.41, 5.74) is 2.95. The zero-order valence-electron chi connectivity index (χ0n) is 19.1. The number of anilines is 1. The van der Waals surface area contributed by atoms with Crippen LogP contribution >= 0.6 is 0 Å². The summed E-state index contributed by atoms with van der Waals surface area (Å²) in [6.45, 7) is 10.3. The molecule has 0 radical (unpaired) electrons. The fourth-order valence-corrected chi connectivity index (χ4v) is 5.10. The minimum atomic E-state index is -0.303. The molecule has 2 aliphatic heterocycles. The van der Waals surface area contributed by atoms with Crippen LogP contribution in [-0.2, 0) is 4.74 Å². The number of aromatic nitrogens is 3. The van der Waals surface area contributed by atoms with Crippen LogP contribution in [0.5, 0.6) is 0 Å². The molecule has 3 atom stereocenters. The molecule has 32 heavy (non-hydrogen) atoms. The molecular formula is C24H30FN5O2. The van der Waals surface area contributed by atoms with Crippen molar-refractivity contribution in [1.29, 1.82) is 0 Å². The van der Waals surface area contributed by atoms with E-state index in [1.165, 1.54) is 0 Å². The first-order chi connectivity index (χ1) is 15.4. The number of fused-ring (bicyclic) bond motifs is 1. The minimum Gasteiger partial charge on any atom is -0.380 e. The highest BCUT2D eigenvalue weighted by Crippen LogP contribution is 2.39. The lowest BCUT2D eigenvalue weighted by Gasteiger charge is -2.40. The number of aryl methyl sites for hydroxylation is 3. The first kappa shape index (κ1) is 21.3. The van der Waals surface area contributed by atoms with Gasteiger partial charge in [-0.15, -0.1) is 0 Å². The molecule has 8 heteroatoms. The standard InChI is InChI=1S/C24H30FN5O2/c1-13-9-19-15(3)21(24-26-16(4)29-32-24)23(28-22(19)20(25)10-13)30-7-5-17(11-14(30)2)27-18-6-8-31-12-18/h9-10,14,17-18,27H,5-8,11-12H2,1-4H3/t14-,17-,18-/m1/s1. The zero-order chi connectivity index (χ0) is 22.4. The summed E-state index contributed by atoms with van der Waals surface area (Å²) in [5, 5.41) is 8.53. The molecule has 2 aromatic heterocycles. The van der Waals surface area contributed by atoms with Crippen molar-refractivity contribution in [2.45, 2.75) is 65.1 Å². The second-order valence-electron chi connectivity index (χ2n) is 9.22. The maximum absolute atomic E-state index is 14.9. The van der Waals surface area contributed by atoms with Crippen LogP contribution in [0.2, 0.25) is 0 Å². The van der Waals surface area contributed by atoms with Crippen LogP contribution in [0.15, 0.2) is 16.7 Å². The van der Waals surface area contributed by atoms with Crippen molar-refractivity contribution in [2.75, 3.05) is 24.7 Å². The van der Waals surface area contributed by atoms with Gasteiger partial charge in [-0.3, -0.25) is 0 Å².